The highest BCUT2D eigenvalue weighted by Gasteiger charge is 2.22. The van der Waals surface area contributed by atoms with Crippen LogP contribution in [0.1, 0.15) is 17.2 Å². The molecule has 0 radical (unpaired) electrons. The molecule has 0 unspecified atom stereocenters. The molecule has 0 aliphatic carbocycles. The Kier molecular flexibility index (Phi) is 4.13. The van der Waals surface area contributed by atoms with Crippen LogP contribution < -0.4 is 5.56 Å². The first kappa shape index (κ1) is 17.0. The summed E-state index contributed by atoms with van der Waals surface area (Å²) in [6.07, 6.45) is 7.32. The third kappa shape index (κ3) is 2.96. The van der Waals surface area contributed by atoms with Gasteiger partial charge in [0, 0.05) is 25.0 Å². The third-order valence-electron chi connectivity index (χ3n) is 5.33. The van der Waals surface area contributed by atoms with Crippen molar-refractivity contribution in [2.24, 2.45) is 7.05 Å². The molecule has 4 heterocycles. The van der Waals surface area contributed by atoms with E-state index in [2.05, 4.69) is 17.2 Å². The number of benzene rings is 1. The number of hydrogen-bond acceptors (Lipinski definition) is 4. The van der Waals surface area contributed by atoms with Crippen LogP contribution in [0.4, 0.5) is 0 Å². The van der Waals surface area contributed by atoms with Gasteiger partial charge in [-0.1, -0.05) is 30.3 Å². The van der Waals surface area contributed by atoms with Gasteiger partial charge in [0.25, 0.3) is 5.56 Å². The fourth-order valence-corrected chi connectivity index (χ4v) is 3.61. The lowest BCUT2D eigenvalue weighted by Crippen LogP contribution is -2.30. The number of fused-ring (bicyclic) bond motifs is 1. The van der Waals surface area contributed by atoms with E-state index in [1.165, 1.54) is 5.56 Å². The molecular weight excluding hydrogens is 354 g/mol. The zero-order chi connectivity index (χ0) is 19.1. The van der Waals surface area contributed by atoms with E-state index < -0.39 is 0 Å². The first-order chi connectivity index (χ1) is 13.7. The van der Waals surface area contributed by atoms with Crippen LogP contribution in [0.15, 0.2) is 64.2 Å². The van der Waals surface area contributed by atoms with Gasteiger partial charge in [0.1, 0.15) is 11.3 Å². The molecule has 0 spiro atoms. The van der Waals surface area contributed by atoms with E-state index in [1.807, 2.05) is 41.3 Å². The van der Waals surface area contributed by atoms with Crippen LogP contribution in [0.2, 0.25) is 0 Å². The molecule has 4 aromatic rings. The summed E-state index contributed by atoms with van der Waals surface area (Å²) in [6.45, 7) is 1.37. The van der Waals surface area contributed by atoms with Crippen LogP contribution in [-0.4, -0.2) is 27.6 Å². The lowest BCUT2D eigenvalue weighted by atomic mass is 10.0. The Morgan fingerprint density at radius 3 is 2.71 bits per heavy atom. The number of rotatable bonds is 5. The van der Waals surface area contributed by atoms with Crippen molar-refractivity contribution in [2.45, 2.75) is 18.9 Å². The molecule has 1 aliphatic heterocycles. The molecule has 0 amide bonds. The summed E-state index contributed by atoms with van der Waals surface area (Å²) in [5, 5.41) is 5.03. The minimum atomic E-state index is -0.0479. The molecule has 0 bridgehead atoms. The van der Waals surface area contributed by atoms with E-state index in [0.29, 0.717) is 29.9 Å². The van der Waals surface area contributed by atoms with E-state index in [1.54, 1.807) is 17.8 Å². The van der Waals surface area contributed by atoms with Crippen molar-refractivity contribution >= 4 is 11.0 Å². The summed E-state index contributed by atoms with van der Waals surface area (Å²) >= 11 is 0. The Morgan fingerprint density at radius 1 is 1.14 bits per heavy atom. The number of aromatic nitrogens is 3. The maximum atomic E-state index is 12.6. The summed E-state index contributed by atoms with van der Waals surface area (Å²) in [5.74, 6) is 0.672. The lowest BCUT2D eigenvalue weighted by Gasteiger charge is -2.25. The van der Waals surface area contributed by atoms with E-state index in [4.69, 9.17) is 9.15 Å². The number of ether oxygens (including phenoxy) is 1. The van der Waals surface area contributed by atoms with Gasteiger partial charge in [0.05, 0.1) is 36.4 Å². The van der Waals surface area contributed by atoms with E-state index >= 15 is 0 Å². The Balaban J connectivity index is 1.51. The molecule has 28 heavy (non-hydrogen) atoms. The average Bonchev–Trinajstić information content (AvgIpc) is 3.31. The molecule has 0 N–H and O–H groups in total. The number of nitrogens with zero attached hydrogens (tertiary/aromatic N) is 3. The normalized spacial score (nSPS) is 14.5. The first-order valence-corrected chi connectivity index (χ1v) is 9.47. The largest absolute Gasteiger partial charge is 0.455 e. The summed E-state index contributed by atoms with van der Waals surface area (Å²) in [5.41, 5.74) is 3.80. The molecule has 6 heteroatoms. The van der Waals surface area contributed by atoms with Crippen LogP contribution in [0.3, 0.4) is 0 Å². The Labute approximate surface area is 162 Å². The van der Waals surface area contributed by atoms with Gasteiger partial charge < -0.3 is 13.7 Å². The van der Waals surface area contributed by atoms with Gasteiger partial charge in [-0.05, 0) is 24.5 Å². The van der Waals surface area contributed by atoms with E-state index in [9.17, 15) is 4.79 Å². The van der Waals surface area contributed by atoms with Crippen LogP contribution in [0, 0.1) is 0 Å². The fourth-order valence-electron chi connectivity index (χ4n) is 3.61. The van der Waals surface area contributed by atoms with Gasteiger partial charge in [-0.25, -0.2) is 0 Å². The number of aryl methyl sites for hydroxylation is 3. The highest BCUT2D eigenvalue weighted by atomic mass is 16.5. The third-order valence-corrected chi connectivity index (χ3v) is 5.33. The Bertz CT molecular complexity index is 1180. The topological polar surface area (TPSA) is 62.2 Å². The second kappa shape index (κ2) is 6.80. The highest BCUT2D eigenvalue weighted by Crippen LogP contribution is 2.29. The van der Waals surface area contributed by atoms with Gasteiger partial charge in [0.2, 0.25) is 0 Å². The van der Waals surface area contributed by atoms with E-state index in [0.717, 1.165) is 24.0 Å². The zero-order valence-corrected chi connectivity index (χ0v) is 15.7. The van der Waals surface area contributed by atoms with Crippen molar-refractivity contribution < 1.29 is 9.15 Å². The Morgan fingerprint density at radius 2 is 1.96 bits per heavy atom. The van der Waals surface area contributed by atoms with Crippen LogP contribution in [0.25, 0.3) is 22.3 Å². The maximum Gasteiger partial charge on any atom is 0.261 e. The minimum absolute atomic E-state index is 0.0479. The smallest absolute Gasteiger partial charge is 0.261 e. The lowest BCUT2D eigenvalue weighted by molar-refractivity contribution is -0.0286. The molecule has 1 aromatic carbocycles. The minimum Gasteiger partial charge on any atom is -0.455 e. The number of hydrogen-bond donors (Lipinski definition) is 0. The van der Waals surface area contributed by atoms with Crippen molar-refractivity contribution in [1.29, 1.82) is 0 Å². The van der Waals surface area contributed by atoms with Crippen molar-refractivity contribution in [3.8, 4) is 11.3 Å². The molecular formula is C22H21N3O3. The van der Waals surface area contributed by atoms with Crippen molar-refractivity contribution in [3.05, 3.63) is 76.5 Å². The van der Waals surface area contributed by atoms with Gasteiger partial charge >= 0.3 is 0 Å². The molecule has 1 aliphatic rings. The summed E-state index contributed by atoms with van der Waals surface area (Å²) in [4.78, 5) is 12.6. The molecule has 142 valence electrons. The maximum absolute atomic E-state index is 12.6. The molecule has 3 aromatic heterocycles. The highest BCUT2D eigenvalue weighted by molar-refractivity contribution is 5.84. The zero-order valence-electron chi connectivity index (χ0n) is 15.7. The van der Waals surface area contributed by atoms with Crippen LogP contribution in [0.5, 0.6) is 0 Å². The number of pyridine rings is 1. The second-order valence-electron chi connectivity index (χ2n) is 7.31. The van der Waals surface area contributed by atoms with Gasteiger partial charge in [-0.15, -0.1) is 0 Å². The summed E-state index contributed by atoms with van der Waals surface area (Å²) in [6, 6.07) is 12.5. The van der Waals surface area contributed by atoms with Crippen molar-refractivity contribution in [1.82, 2.24) is 14.3 Å². The fraction of sp³-hybridized carbons (Fsp3) is 0.273. The predicted molar refractivity (Wildman–Crippen MR) is 106 cm³/mol. The molecule has 6 nitrogen and oxygen atoms in total. The van der Waals surface area contributed by atoms with Gasteiger partial charge in [-0.2, -0.15) is 5.10 Å². The molecule has 1 saturated heterocycles. The van der Waals surface area contributed by atoms with Gasteiger partial charge in [0.15, 0.2) is 0 Å². The first-order valence-electron chi connectivity index (χ1n) is 9.47. The summed E-state index contributed by atoms with van der Waals surface area (Å²) in [7, 11) is 1.79. The molecule has 1 fully saturated rings. The average molecular weight is 375 g/mol. The quantitative estimate of drug-likeness (QED) is 0.537. The van der Waals surface area contributed by atoms with E-state index in [-0.39, 0.29) is 11.6 Å². The predicted octanol–water partition coefficient (Wildman–Crippen LogP) is 3.35. The Hall–Kier alpha value is -3.12. The standard InChI is InChI=1S/C22H21N3O3/c1-24-11-16(8-7-15-5-3-2-4-6-15)21-19(22(24)26)9-20(28-21)17-10-23-25(12-17)18-13-27-14-18/h2-6,9-12,18H,7-8,13-14H2,1H3. The molecule has 0 saturated carbocycles. The SMILES string of the molecule is Cn1cc(CCc2ccccc2)c2oc(-c3cnn(C4COC4)c3)cc2c1=O. The molecule has 0 atom stereocenters. The second-order valence-corrected chi connectivity index (χ2v) is 7.31. The summed E-state index contributed by atoms with van der Waals surface area (Å²) < 4.78 is 14.9. The van der Waals surface area contributed by atoms with Crippen molar-refractivity contribution in [2.75, 3.05) is 13.2 Å². The van der Waals surface area contributed by atoms with Crippen molar-refractivity contribution in [3.63, 3.8) is 0 Å². The monoisotopic (exact) mass is 375 g/mol. The molecule has 5 rings (SSSR count). The number of furan rings is 1. The van der Waals surface area contributed by atoms with Crippen LogP contribution >= 0.6 is 0 Å². The van der Waals surface area contributed by atoms with Gasteiger partial charge in [-0.3, -0.25) is 9.48 Å². The van der Waals surface area contributed by atoms with Crippen LogP contribution in [-0.2, 0) is 24.6 Å².